The van der Waals surface area contributed by atoms with E-state index in [-0.39, 0.29) is 0 Å². The number of aryl methyl sites for hydroxylation is 1. The highest BCUT2D eigenvalue weighted by Crippen LogP contribution is 2.18. The van der Waals surface area contributed by atoms with Crippen molar-refractivity contribution < 1.29 is 9.90 Å². The van der Waals surface area contributed by atoms with Crippen LogP contribution in [0, 0.1) is 6.92 Å². The van der Waals surface area contributed by atoms with Crippen LogP contribution in [0.5, 0.6) is 0 Å². The van der Waals surface area contributed by atoms with Gasteiger partial charge in [-0.15, -0.1) is 0 Å². The molecule has 0 aliphatic rings. The van der Waals surface area contributed by atoms with E-state index in [4.69, 9.17) is 5.11 Å². The molecule has 1 N–H and O–H groups in total. The Balaban J connectivity index is 2.92. The van der Waals surface area contributed by atoms with Gasteiger partial charge in [0.1, 0.15) is 6.04 Å². The van der Waals surface area contributed by atoms with Gasteiger partial charge in [0.05, 0.1) is 0 Å². The molecule has 3 nitrogen and oxygen atoms in total. The molecule has 1 aromatic rings. The van der Waals surface area contributed by atoms with Crippen LogP contribution in [-0.4, -0.2) is 23.7 Å². The molecular formula is C13H19NO2. The summed E-state index contributed by atoms with van der Waals surface area (Å²) in [6, 6.07) is 7.48. The molecule has 16 heavy (non-hydrogen) atoms. The lowest BCUT2D eigenvalue weighted by atomic mass is 10.1. The second kappa shape index (κ2) is 5.54. The number of carbonyl (C=O) groups is 1. The van der Waals surface area contributed by atoms with Crippen LogP contribution in [0.4, 0.5) is 5.69 Å². The summed E-state index contributed by atoms with van der Waals surface area (Å²) in [6.45, 7) is 6.55. The van der Waals surface area contributed by atoms with E-state index in [0.717, 1.165) is 18.7 Å². The number of nitrogens with zero attached hydrogens (tertiary/aromatic N) is 1. The van der Waals surface area contributed by atoms with Crippen LogP contribution in [0.1, 0.15) is 25.8 Å². The minimum absolute atomic E-state index is 0.484. The number of rotatable bonds is 5. The normalized spacial score (nSPS) is 12.2. The largest absolute Gasteiger partial charge is 0.480 e. The number of carboxylic acid groups (broad SMARTS) is 1. The Morgan fingerprint density at radius 2 is 1.94 bits per heavy atom. The highest BCUT2D eigenvalue weighted by Gasteiger charge is 2.19. The Morgan fingerprint density at radius 1 is 1.38 bits per heavy atom. The quantitative estimate of drug-likeness (QED) is 0.831. The third-order valence-corrected chi connectivity index (χ3v) is 2.66. The average molecular weight is 221 g/mol. The lowest BCUT2D eigenvalue weighted by molar-refractivity contribution is -0.138. The fourth-order valence-electron chi connectivity index (χ4n) is 1.66. The van der Waals surface area contributed by atoms with Crippen molar-refractivity contribution in [3.05, 3.63) is 29.8 Å². The molecule has 0 saturated carbocycles. The Bertz CT molecular complexity index is 345. The smallest absolute Gasteiger partial charge is 0.326 e. The molecule has 1 atom stereocenters. The van der Waals surface area contributed by atoms with Crippen molar-refractivity contribution in [3.8, 4) is 0 Å². The number of hydrogen-bond donors (Lipinski definition) is 1. The monoisotopic (exact) mass is 221 g/mol. The van der Waals surface area contributed by atoms with Crippen LogP contribution in [0.15, 0.2) is 24.3 Å². The van der Waals surface area contributed by atoms with Gasteiger partial charge in [-0.25, -0.2) is 4.79 Å². The van der Waals surface area contributed by atoms with Crippen molar-refractivity contribution in [1.82, 2.24) is 0 Å². The van der Waals surface area contributed by atoms with Crippen LogP contribution >= 0.6 is 0 Å². The molecule has 1 unspecified atom stereocenters. The van der Waals surface area contributed by atoms with Gasteiger partial charge < -0.3 is 10.0 Å². The van der Waals surface area contributed by atoms with Crippen LogP contribution in [0.2, 0.25) is 0 Å². The Hall–Kier alpha value is -1.51. The van der Waals surface area contributed by atoms with Gasteiger partial charge in [0.2, 0.25) is 0 Å². The number of aliphatic carboxylic acids is 1. The SMILES string of the molecule is CCCN(c1ccc(C)cc1)C(C)C(=O)O. The maximum atomic E-state index is 11.0. The molecule has 0 heterocycles. The molecule has 0 fully saturated rings. The van der Waals surface area contributed by atoms with Crippen LogP contribution in [-0.2, 0) is 4.79 Å². The van der Waals surface area contributed by atoms with Crippen molar-refractivity contribution in [3.63, 3.8) is 0 Å². The second-order valence-electron chi connectivity index (χ2n) is 4.04. The molecule has 0 radical (unpaired) electrons. The standard InChI is InChI=1S/C13H19NO2/c1-4-9-14(11(3)13(15)16)12-7-5-10(2)6-8-12/h5-8,11H,4,9H2,1-3H3,(H,15,16). The highest BCUT2D eigenvalue weighted by atomic mass is 16.4. The van der Waals surface area contributed by atoms with Crippen molar-refractivity contribution >= 4 is 11.7 Å². The second-order valence-corrected chi connectivity index (χ2v) is 4.04. The summed E-state index contributed by atoms with van der Waals surface area (Å²) in [7, 11) is 0. The summed E-state index contributed by atoms with van der Waals surface area (Å²) in [5, 5.41) is 9.05. The lowest BCUT2D eigenvalue weighted by Crippen LogP contribution is -2.39. The van der Waals surface area contributed by atoms with E-state index < -0.39 is 12.0 Å². The number of anilines is 1. The summed E-state index contributed by atoms with van der Waals surface area (Å²) in [5.41, 5.74) is 2.16. The first kappa shape index (κ1) is 12.6. The first-order valence-electron chi connectivity index (χ1n) is 5.62. The minimum Gasteiger partial charge on any atom is -0.480 e. The third kappa shape index (κ3) is 2.99. The maximum Gasteiger partial charge on any atom is 0.326 e. The highest BCUT2D eigenvalue weighted by molar-refractivity contribution is 5.77. The van der Waals surface area contributed by atoms with Gasteiger partial charge >= 0.3 is 5.97 Å². The van der Waals surface area contributed by atoms with E-state index in [1.807, 2.05) is 36.1 Å². The molecule has 0 bridgehead atoms. The van der Waals surface area contributed by atoms with Crippen LogP contribution in [0.3, 0.4) is 0 Å². The van der Waals surface area contributed by atoms with Crippen molar-refractivity contribution in [1.29, 1.82) is 0 Å². The zero-order chi connectivity index (χ0) is 12.1. The Labute approximate surface area is 96.7 Å². The predicted molar refractivity (Wildman–Crippen MR) is 65.9 cm³/mol. The van der Waals surface area contributed by atoms with Gasteiger partial charge in [-0.3, -0.25) is 0 Å². The molecule has 0 spiro atoms. The number of benzene rings is 1. The van der Waals surface area contributed by atoms with Crippen molar-refractivity contribution in [2.45, 2.75) is 33.2 Å². The molecule has 1 aromatic carbocycles. The fraction of sp³-hybridized carbons (Fsp3) is 0.462. The maximum absolute atomic E-state index is 11.0. The van der Waals surface area contributed by atoms with Gasteiger partial charge in [0.25, 0.3) is 0 Å². The third-order valence-electron chi connectivity index (χ3n) is 2.66. The van der Waals surface area contributed by atoms with Gasteiger partial charge in [0, 0.05) is 12.2 Å². The van der Waals surface area contributed by atoms with E-state index >= 15 is 0 Å². The van der Waals surface area contributed by atoms with E-state index in [1.165, 1.54) is 5.56 Å². The predicted octanol–water partition coefficient (Wildman–Crippen LogP) is 2.68. The van der Waals surface area contributed by atoms with E-state index in [2.05, 4.69) is 6.92 Å². The lowest BCUT2D eigenvalue weighted by Gasteiger charge is -2.28. The summed E-state index contributed by atoms with van der Waals surface area (Å²) >= 11 is 0. The van der Waals surface area contributed by atoms with Gasteiger partial charge in [0.15, 0.2) is 0 Å². The van der Waals surface area contributed by atoms with E-state index in [0.29, 0.717) is 0 Å². The molecule has 0 aliphatic heterocycles. The average Bonchev–Trinajstić information content (AvgIpc) is 2.26. The first-order chi connectivity index (χ1) is 7.56. The van der Waals surface area contributed by atoms with Crippen LogP contribution < -0.4 is 4.90 Å². The Kier molecular flexibility index (Phi) is 4.35. The molecule has 0 aromatic heterocycles. The van der Waals surface area contributed by atoms with Gasteiger partial charge in [-0.05, 0) is 32.4 Å². The number of carboxylic acids is 1. The summed E-state index contributed by atoms with van der Waals surface area (Å²) in [5.74, 6) is -0.783. The molecule has 88 valence electrons. The van der Waals surface area contributed by atoms with Gasteiger partial charge in [-0.2, -0.15) is 0 Å². The van der Waals surface area contributed by atoms with Crippen LogP contribution in [0.25, 0.3) is 0 Å². The Morgan fingerprint density at radius 3 is 2.38 bits per heavy atom. The number of hydrogen-bond acceptors (Lipinski definition) is 2. The minimum atomic E-state index is -0.783. The van der Waals surface area contributed by atoms with Crippen molar-refractivity contribution in [2.24, 2.45) is 0 Å². The molecular weight excluding hydrogens is 202 g/mol. The molecule has 0 saturated heterocycles. The molecule has 1 rings (SSSR count). The van der Waals surface area contributed by atoms with Gasteiger partial charge in [-0.1, -0.05) is 24.6 Å². The fourth-order valence-corrected chi connectivity index (χ4v) is 1.66. The zero-order valence-corrected chi connectivity index (χ0v) is 10.1. The topological polar surface area (TPSA) is 40.5 Å². The molecule has 3 heteroatoms. The summed E-state index contributed by atoms with van der Waals surface area (Å²) < 4.78 is 0. The van der Waals surface area contributed by atoms with E-state index in [9.17, 15) is 4.79 Å². The summed E-state index contributed by atoms with van der Waals surface area (Å²) in [4.78, 5) is 12.9. The first-order valence-corrected chi connectivity index (χ1v) is 5.62. The van der Waals surface area contributed by atoms with Crippen molar-refractivity contribution in [2.75, 3.05) is 11.4 Å². The van der Waals surface area contributed by atoms with E-state index in [1.54, 1.807) is 6.92 Å². The molecule has 0 amide bonds. The zero-order valence-electron chi connectivity index (χ0n) is 10.1. The summed E-state index contributed by atoms with van der Waals surface area (Å²) in [6.07, 6.45) is 0.936. The molecule has 0 aliphatic carbocycles.